The SMILES string of the molecule is COc1ccccc1NS(=O)(=O)c1ccc(N2CCOCC2)c(N)c1. The molecule has 1 heterocycles. The number of benzene rings is 2. The van der Waals surface area contributed by atoms with Gasteiger partial charge in [0.2, 0.25) is 0 Å². The van der Waals surface area contributed by atoms with Crippen molar-refractivity contribution in [2.75, 3.05) is 48.8 Å². The van der Waals surface area contributed by atoms with E-state index in [9.17, 15) is 8.42 Å². The van der Waals surface area contributed by atoms with E-state index in [1.54, 1.807) is 36.4 Å². The predicted octanol–water partition coefficient (Wildman–Crippen LogP) is 1.91. The number of nitrogens with two attached hydrogens (primary N) is 1. The van der Waals surface area contributed by atoms with Gasteiger partial charge in [0.15, 0.2) is 0 Å². The normalized spacial score (nSPS) is 15.0. The first kappa shape index (κ1) is 17.4. The van der Waals surface area contributed by atoms with E-state index in [0.717, 1.165) is 18.8 Å². The van der Waals surface area contributed by atoms with Gasteiger partial charge in [0.25, 0.3) is 10.0 Å². The third-order valence-electron chi connectivity index (χ3n) is 4.01. The molecule has 0 spiro atoms. The molecule has 3 N–H and O–H groups in total. The number of para-hydroxylation sites is 2. The average Bonchev–Trinajstić information content (AvgIpc) is 2.62. The van der Waals surface area contributed by atoms with Gasteiger partial charge in [-0.25, -0.2) is 8.42 Å². The van der Waals surface area contributed by atoms with E-state index < -0.39 is 10.0 Å². The Balaban J connectivity index is 1.86. The maximum absolute atomic E-state index is 12.7. The minimum Gasteiger partial charge on any atom is -0.495 e. The van der Waals surface area contributed by atoms with Gasteiger partial charge in [-0.1, -0.05) is 12.1 Å². The molecule has 0 atom stereocenters. The highest BCUT2D eigenvalue weighted by molar-refractivity contribution is 7.92. The van der Waals surface area contributed by atoms with Gasteiger partial charge in [-0.2, -0.15) is 0 Å². The number of nitrogens with zero attached hydrogens (tertiary/aromatic N) is 1. The summed E-state index contributed by atoms with van der Waals surface area (Å²) in [6, 6.07) is 11.6. The molecule has 7 nitrogen and oxygen atoms in total. The Hall–Kier alpha value is -2.45. The Morgan fingerprint density at radius 2 is 1.88 bits per heavy atom. The third-order valence-corrected chi connectivity index (χ3v) is 5.38. The molecule has 1 fully saturated rings. The molecule has 2 aromatic rings. The summed E-state index contributed by atoms with van der Waals surface area (Å²) in [5.74, 6) is 0.448. The van der Waals surface area contributed by atoms with Crippen LogP contribution in [0.1, 0.15) is 0 Å². The van der Waals surface area contributed by atoms with E-state index >= 15 is 0 Å². The lowest BCUT2D eigenvalue weighted by Crippen LogP contribution is -2.36. The number of anilines is 3. The molecule has 1 aliphatic heterocycles. The number of methoxy groups -OCH3 is 1. The van der Waals surface area contributed by atoms with Crippen LogP contribution >= 0.6 is 0 Å². The van der Waals surface area contributed by atoms with Crippen molar-refractivity contribution in [2.24, 2.45) is 0 Å². The number of ether oxygens (including phenoxy) is 2. The van der Waals surface area contributed by atoms with Crippen molar-refractivity contribution in [1.29, 1.82) is 0 Å². The molecular weight excluding hydrogens is 342 g/mol. The second-order valence-corrected chi connectivity index (χ2v) is 7.31. The van der Waals surface area contributed by atoms with Crippen molar-refractivity contribution in [1.82, 2.24) is 0 Å². The summed E-state index contributed by atoms with van der Waals surface area (Å²) in [6.07, 6.45) is 0. The molecule has 0 saturated carbocycles. The third kappa shape index (κ3) is 3.80. The smallest absolute Gasteiger partial charge is 0.262 e. The monoisotopic (exact) mass is 363 g/mol. The molecule has 25 heavy (non-hydrogen) atoms. The van der Waals surface area contributed by atoms with Gasteiger partial charge in [-0.05, 0) is 30.3 Å². The van der Waals surface area contributed by atoms with Crippen molar-refractivity contribution in [3.05, 3.63) is 42.5 Å². The zero-order valence-corrected chi connectivity index (χ0v) is 14.8. The van der Waals surface area contributed by atoms with Crippen LogP contribution in [-0.2, 0) is 14.8 Å². The van der Waals surface area contributed by atoms with Crippen molar-refractivity contribution in [2.45, 2.75) is 4.90 Å². The molecule has 0 unspecified atom stereocenters. The van der Waals surface area contributed by atoms with Crippen LogP contribution < -0.4 is 20.1 Å². The number of morpholine rings is 1. The quantitative estimate of drug-likeness (QED) is 0.788. The summed E-state index contributed by atoms with van der Waals surface area (Å²) < 4.78 is 38.4. The summed E-state index contributed by atoms with van der Waals surface area (Å²) in [7, 11) is -2.28. The highest BCUT2D eigenvalue weighted by Crippen LogP contribution is 2.30. The Bertz CT molecular complexity index is 849. The lowest BCUT2D eigenvalue weighted by atomic mass is 10.2. The topological polar surface area (TPSA) is 93.9 Å². The Kier molecular flexibility index (Phi) is 5.00. The number of hydrogen-bond donors (Lipinski definition) is 2. The van der Waals surface area contributed by atoms with Crippen molar-refractivity contribution < 1.29 is 17.9 Å². The molecule has 0 aromatic heterocycles. The number of sulfonamides is 1. The maximum Gasteiger partial charge on any atom is 0.262 e. The van der Waals surface area contributed by atoms with E-state index in [4.69, 9.17) is 15.2 Å². The number of hydrogen-bond acceptors (Lipinski definition) is 6. The molecule has 2 aromatic carbocycles. The lowest BCUT2D eigenvalue weighted by Gasteiger charge is -2.30. The Morgan fingerprint density at radius 1 is 1.16 bits per heavy atom. The lowest BCUT2D eigenvalue weighted by molar-refractivity contribution is 0.123. The van der Waals surface area contributed by atoms with E-state index in [1.165, 1.54) is 13.2 Å². The molecule has 1 saturated heterocycles. The Morgan fingerprint density at radius 3 is 2.56 bits per heavy atom. The fraction of sp³-hybridized carbons (Fsp3) is 0.294. The van der Waals surface area contributed by atoms with Crippen LogP contribution in [0.15, 0.2) is 47.4 Å². The zero-order chi connectivity index (χ0) is 17.9. The summed E-state index contributed by atoms with van der Waals surface area (Å²) >= 11 is 0. The van der Waals surface area contributed by atoms with Crippen molar-refractivity contribution >= 4 is 27.1 Å². The Labute approximate surface area is 147 Å². The van der Waals surface area contributed by atoms with E-state index in [0.29, 0.717) is 30.3 Å². The molecule has 0 amide bonds. The van der Waals surface area contributed by atoms with Crippen LogP contribution in [0, 0.1) is 0 Å². The number of nitrogens with one attached hydrogen (secondary N) is 1. The number of rotatable bonds is 5. The fourth-order valence-electron chi connectivity index (χ4n) is 2.72. The van der Waals surface area contributed by atoms with E-state index in [-0.39, 0.29) is 4.90 Å². The molecule has 134 valence electrons. The molecular formula is C17H21N3O4S. The van der Waals surface area contributed by atoms with Gasteiger partial charge in [0.05, 0.1) is 42.3 Å². The molecule has 8 heteroatoms. The highest BCUT2D eigenvalue weighted by atomic mass is 32.2. The first-order chi connectivity index (χ1) is 12.0. The first-order valence-electron chi connectivity index (χ1n) is 7.89. The second-order valence-electron chi connectivity index (χ2n) is 5.63. The zero-order valence-electron chi connectivity index (χ0n) is 13.9. The van der Waals surface area contributed by atoms with Gasteiger partial charge < -0.3 is 20.1 Å². The van der Waals surface area contributed by atoms with Crippen LogP contribution in [-0.4, -0.2) is 41.8 Å². The molecule has 0 bridgehead atoms. The number of nitrogen functional groups attached to an aromatic ring is 1. The van der Waals surface area contributed by atoms with Crippen LogP contribution in [0.2, 0.25) is 0 Å². The van der Waals surface area contributed by atoms with Gasteiger partial charge in [-0.3, -0.25) is 4.72 Å². The van der Waals surface area contributed by atoms with Crippen LogP contribution in [0.25, 0.3) is 0 Å². The molecule has 3 rings (SSSR count). The molecule has 1 aliphatic rings. The van der Waals surface area contributed by atoms with E-state index in [1.807, 2.05) is 0 Å². The molecule has 0 radical (unpaired) electrons. The van der Waals surface area contributed by atoms with Crippen molar-refractivity contribution in [3.63, 3.8) is 0 Å². The summed E-state index contributed by atoms with van der Waals surface area (Å²) in [5, 5.41) is 0. The van der Waals surface area contributed by atoms with Gasteiger partial charge >= 0.3 is 0 Å². The molecule has 0 aliphatic carbocycles. The van der Waals surface area contributed by atoms with E-state index in [2.05, 4.69) is 9.62 Å². The second kappa shape index (κ2) is 7.20. The first-order valence-corrected chi connectivity index (χ1v) is 9.37. The van der Waals surface area contributed by atoms with Gasteiger partial charge in [0, 0.05) is 13.1 Å². The standard InChI is InChI=1S/C17H21N3O4S/c1-23-17-5-3-2-4-15(17)19-25(21,22)13-6-7-16(14(18)12-13)20-8-10-24-11-9-20/h2-7,12,19H,8-11,18H2,1H3. The predicted molar refractivity (Wildman–Crippen MR) is 97.7 cm³/mol. The minimum absolute atomic E-state index is 0.105. The van der Waals surface area contributed by atoms with Crippen LogP contribution in [0.3, 0.4) is 0 Å². The summed E-state index contributed by atoms with van der Waals surface area (Å²) in [4.78, 5) is 2.19. The van der Waals surface area contributed by atoms with Gasteiger partial charge in [-0.15, -0.1) is 0 Å². The highest BCUT2D eigenvalue weighted by Gasteiger charge is 2.20. The maximum atomic E-state index is 12.7. The summed E-state index contributed by atoms with van der Waals surface area (Å²) in [6.45, 7) is 2.73. The van der Waals surface area contributed by atoms with Gasteiger partial charge in [0.1, 0.15) is 5.75 Å². The fourth-order valence-corrected chi connectivity index (χ4v) is 3.83. The van der Waals surface area contributed by atoms with Crippen LogP contribution in [0.5, 0.6) is 5.75 Å². The summed E-state index contributed by atoms with van der Waals surface area (Å²) in [5.41, 5.74) is 7.71. The minimum atomic E-state index is -3.77. The van der Waals surface area contributed by atoms with Crippen molar-refractivity contribution in [3.8, 4) is 5.75 Å². The average molecular weight is 363 g/mol. The van der Waals surface area contributed by atoms with Crippen LogP contribution in [0.4, 0.5) is 17.1 Å². The largest absolute Gasteiger partial charge is 0.495 e.